The monoisotopic (exact) mass is 297 g/mol. The number of rotatable bonds is 4. The predicted molar refractivity (Wildman–Crippen MR) is 71.0 cm³/mol. The van der Waals surface area contributed by atoms with Crippen molar-refractivity contribution >= 4 is 33.1 Å². The van der Waals surface area contributed by atoms with Gasteiger partial charge in [0.05, 0.1) is 15.7 Å². The summed E-state index contributed by atoms with van der Waals surface area (Å²) in [5, 5.41) is 5.35. The molecular formula is C11H12BrN3S. The Hall–Kier alpha value is -0.940. The molecule has 0 aliphatic rings. The van der Waals surface area contributed by atoms with E-state index >= 15 is 0 Å². The summed E-state index contributed by atoms with van der Waals surface area (Å²) in [6.07, 6.45) is 2.78. The largest absolute Gasteiger partial charge is 0.369 e. The standard InChI is InChI=1S/C11H12BrN3S/c1-8-4-10(12)11(14-5-8)13-3-2-9-6-16-7-15-9/h4-7H,2-3H2,1H3,(H,13,14). The fraction of sp³-hybridized carbons (Fsp3) is 0.273. The third-order valence-corrected chi connectivity index (χ3v) is 3.37. The third-order valence-electron chi connectivity index (χ3n) is 2.13. The van der Waals surface area contributed by atoms with Crippen molar-refractivity contribution in [1.82, 2.24) is 9.97 Å². The molecule has 0 amide bonds. The Morgan fingerprint density at radius 1 is 1.44 bits per heavy atom. The van der Waals surface area contributed by atoms with Gasteiger partial charge in [-0.1, -0.05) is 0 Å². The first-order valence-electron chi connectivity index (χ1n) is 4.99. The second kappa shape index (κ2) is 5.41. The van der Waals surface area contributed by atoms with Crippen molar-refractivity contribution in [1.29, 1.82) is 0 Å². The van der Waals surface area contributed by atoms with Crippen LogP contribution in [0.25, 0.3) is 0 Å². The Labute approximate surface area is 107 Å². The number of hydrogen-bond acceptors (Lipinski definition) is 4. The van der Waals surface area contributed by atoms with Crippen molar-refractivity contribution in [2.75, 3.05) is 11.9 Å². The van der Waals surface area contributed by atoms with E-state index < -0.39 is 0 Å². The summed E-state index contributed by atoms with van der Waals surface area (Å²) in [6.45, 7) is 2.87. The van der Waals surface area contributed by atoms with E-state index in [4.69, 9.17) is 0 Å². The van der Waals surface area contributed by atoms with Crippen molar-refractivity contribution in [2.45, 2.75) is 13.3 Å². The first-order chi connectivity index (χ1) is 7.75. The highest BCUT2D eigenvalue weighted by atomic mass is 79.9. The van der Waals surface area contributed by atoms with E-state index in [0.29, 0.717) is 0 Å². The Morgan fingerprint density at radius 2 is 2.31 bits per heavy atom. The lowest BCUT2D eigenvalue weighted by molar-refractivity contribution is 0.966. The van der Waals surface area contributed by atoms with Crippen molar-refractivity contribution in [3.8, 4) is 0 Å². The summed E-state index contributed by atoms with van der Waals surface area (Å²) >= 11 is 5.11. The van der Waals surface area contributed by atoms with E-state index in [1.54, 1.807) is 11.3 Å². The minimum absolute atomic E-state index is 0.846. The molecule has 0 spiro atoms. The van der Waals surface area contributed by atoms with E-state index in [2.05, 4.69) is 42.7 Å². The van der Waals surface area contributed by atoms with Crippen LogP contribution in [0.15, 0.2) is 27.6 Å². The van der Waals surface area contributed by atoms with Gasteiger partial charge in [-0.05, 0) is 34.5 Å². The summed E-state index contributed by atoms with van der Waals surface area (Å²) in [5.74, 6) is 0.890. The second-order valence-corrected chi connectivity index (χ2v) is 5.07. The van der Waals surface area contributed by atoms with Crippen LogP contribution in [0, 0.1) is 6.92 Å². The van der Waals surface area contributed by atoms with Gasteiger partial charge in [0.25, 0.3) is 0 Å². The number of halogens is 1. The molecule has 0 aliphatic heterocycles. The maximum absolute atomic E-state index is 4.32. The van der Waals surface area contributed by atoms with E-state index in [0.717, 1.165) is 34.5 Å². The smallest absolute Gasteiger partial charge is 0.140 e. The Balaban J connectivity index is 1.90. The van der Waals surface area contributed by atoms with Crippen molar-refractivity contribution in [2.24, 2.45) is 0 Å². The lowest BCUT2D eigenvalue weighted by atomic mass is 10.3. The molecule has 0 atom stereocenters. The van der Waals surface area contributed by atoms with Gasteiger partial charge in [-0.15, -0.1) is 11.3 Å². The molecule has 0 unspecified atom stereocenters. The van der Waals surface area contributed by atoms with E-state index in [1.807, 2.05) is 18.6 Å². The number of aryl methyl sites for hydroxylation is 1. The number of aromatic nitrogens is 2. The first kappa shape index (κ1) is 11.5. The molecule has 16 heavy (non-hydrogen) atoms. The van der Waals surface area contributed by atoms with Crippen LogP contribution >= 0.6 is 27.3 Å². The zero-order valence-electron chi connectivity index (χ0n) is 8.90. The average molecular weight is 298 g/mol. The zero-order chi connectivity index (χ0) is 11.4. The van der Waals surface area contributed by atoms with Crippen LogP contribution in [0.2, 0.25) is 0 Å². The fourth-order valence-corrected chi connectivity index (χ4v) is 2.53. The van der Waals surface area contributed by atoms with Gasteiger partial charge in [-0.2, -0.15) is 0 Å². The highest BCUT2D eigenvalue weighted by Crippen LogP contribution is 2.20. The number of thiazole rings is 1. The Kier molecular flexibility index (Phi) is 3.90. The Morgan fingerprint density at radius 3 is 3.00 bits per heavy atom. The lowest BCUT2D eigenvalue weighted by Crippen LogP contribution is -2.07. The average Bonchev–Trinajstić information content (AvgIpc) is 2.74. The minimum Gasteiger partial charge on any atom is -0.369 e. The summed E-state index contributed by atoms with van der Waals surface area (Å²) in [5.41, 5.74) is 4.13. The minimum atomic E-state index is 0.846. The van der Waals surface area contributed by atoms with Gasteiger partial charge in [-0.3, -0.25) is 0 Å². The maximum atomic E-state index is 4.32. The van der Waals surface area contributed by atoms with Crippen LogP contribution in [0.5, 0.6) is 0 Å². The summed E-state index contributed by atoms with van der Waals surface area (Å²) < 4.78 is 1.01. The van der Waals surface area contributed by atoms with Crippen molar-refractivity contribution in [3.63, 3.8) is 0 Å². The Bertz CT molecular complexity index is 456. The van der Waals surface area contributed by atoms with Gasteiger partial charge in [0.1, 0.15) is 5.82 Å². The molecule has 0 aliphatic carbocycles. The van der Waals surface area contributed by atoms with Crippen molar-refractivity contribution < 1.29 is 0 Å². The molecule has 0 radical (unpaired) electrons. The van der Waals surface area contributed by atoms with E-state index in [9.17, 15) is 0 Å². The topological polar surface area (TPSA) is 37.8 Å². The molecule has 0 saturated carbocycles. The highest BCUT2D eigenvalue weighted by molar-refractivity contribution is 9.10. The number of hydrogen-bond donors (Lipinski definition) is 1. The first-order valence-corrected chi connectivity index (χ1v) is 6.72. The van der Waals surface area contributed by atoms with Crippen LogP contribution in [0.1, 0.15) is 11.3 Å². The van der Waals surface area contributed by atoms with Gasteiger partial charge >= 0.3 is 0 Å². The number of pyridine rings is 1. The van der Waals surface area contributed by atoms with Gasteiger partial charge < -0.3 is 5.32 Å². The van der Waals surface area contributed by atoms with Crippen LogP contribution in [0.4, 0.5) is 5.82 Å². The van der Waals surface area contributed by atoms with E-state index in [1.165, 1.54) is 0 Å². The van der Waals surface area contributed by atoms with Gasteiger partial charge in [-0.25, -0.2) is 9.97 Å². The molecule has 1 N–H and O–H groups in total. The molecular weight excluding hydrogens is 286 g/mol. The lowest BCUT2D eigenvalue weighted by Gasteiger charge is -2.06. The quantitative estimate of drug-likeness (QED) is 0.941. The van der Waals surface area contributed by atoms with Crippen LogP contribution in [-0.2, 0) is 6.42 Å². The number of anilines is 1. The summed E-state index contributed by atoms with van der Waals surface area (Å²) in [6, 6.07) is 2.05. The number of nitrogens with zero attached hydrogens (tertiary/aromatic N) is 2. The van der Waals surface area contributed by atoms with Crippen LogP contribution in [-0.4, -0.2) is 16.5 Å². The zero-order valence-corrected chi connectivity index (χ0v) is 11.3. The van der Waals surface area contributed by atoms with E-state index in [-0.39, 0.29) is 0 Å². The maximum Gasteiger partial charge on any atom is 0.140 e. The predicted octanol–water partition coefficient (Wildman–Crippen LogP) is 3.26. The van der Waals surface area contributed by atoms with Crippen LogP contribution < -0.4 is 5.32 Å². The molecule has 0 aromatic carbocycles. The molecule has 2 heterocycles. The van der Waals surface area contributed by atoms with Crippen molar-refractivity contribution in [3.05, 3.63) is 38.9 Å². The second-order valence-electron chi connectivity index (χ2n) is 3.50. The fourth-order valence-electron chi connectivity index (χ4n) is 1.33. The summed E-state index contributed by atoms with van der Waals surface area (Å²) in [7, 11) is 0. The third kappa shape index (κ3) is 3.02. The molecule has 0 saturated heterocycles. The molecule has 84 valence electrons. The molecule has 2 rings (SSSR count). The van der Waals surface area contributed by atoms with Gasteiger partial charge in [0.15, 0.2) is 0 Å². The van der Waals surface area contributed by atoms with Gasteiger partial charge in [0.2, 0.25) is 0 Å². The SMILES string of the molecule is Cc1cnc(NCCc2cscn2)c(Br)c1. The normalized spacial score (nSPS) is 10.4. The molecule has 0 fully saturated rings. The highest BCUT2D eigenvalue weighted by Gasteiger charge is 2.01. The molecule has 3 nitrogen and oxygen atoms in total. The van der Waals surface area contributed by atoms with Gasteiger partial charge in [0, 0.05) is 24.5 Å². The number of nitrogens with one attached hydrogen (secondary N) is 1. The molecule has 5 heteroatoms. The summed E-state index contributed by atoms with van der Waals surface area (Å²) in [4.78, 5) is 8.55. The molecule has 0 bridgehead atoms. The molecule has 2 aromatic heterocycles. The van der Waals surface area contributed by atoms with Crippen LogP contribution in [0.3, 0.4) is 0 Å². The molecule has 2 aromatic rings.